The highest BCUT2D eigenvalue weighted by atomic mass is 16.1. The number of nitrogens with one attached hydrogen (secondary N) is 2. The molecule has 5 nitrogen and oxygen atoms in total. The molecule has 0 saturated carbocycles. The van der Waals surface area contributed by atoms with Gasteiger partial charge in [-0.3, -0.25) is 4.79 Å². The Morgan fingerprint density at radius 3 is 2.81 bits per heavy atom. The van der Waals surface area contributed by atoms with E-state index in [1.807, 2.05) is 12.1 Å². The zero-order chi connectivity index (χ0) is 15.0. The summed E-state index contributed by atoms with van der Waals surface area (Å²) < 4.78 is 0. The van der Waals surface area contributed by atoms with Crippen LogP contribution in [0.1, 0.15) is 25.3 Å². The summed E-state index contributed by atoms with van der Waals surface area (Å²) in [6, 6.07) is 3.88. The lowest BCUT2D eigenvalue weighted by atomic mass is 9.80. The molecule has 1 saturated heterocycles. The summed E-state index contributed by atoms with van der Waals surface area (Å²) in [5.74, 6) is 0.0452. The summed E-state index contributed by atoms with van der Waals surface area (Å²) in [7, 11) is 2.17. The number of nitrogen functional groups attached to an aromatic ring is 1. The Morgan fingerprint density at radius 2 is 2.10 bits per heavy atom. The third-order valence-corrected chi connectivity index (χ3v) is 4.80. The molecule has 2 aliphatic rings. The molecule has 0 unspecified atom stereocenters. The molecule has 0 aromatic heterocycles. The number of likely N-dealkylation sites (tertiary alicyclic amines) is 1. The van der Waals surface area contributed by atoms with Crippen LogP contribution in [0.25, 0.3) is 0 Å². The fourth-order valence-electron chi connectivity index (χ4n) is 3.09. The first-order valence-electron chi connectivity index (χ1n) is 7.60. The molecule has 0 spiro atoms. The minimum Gasteiger partial charge on any atom is -0.397 e. The molecule has 3 rings (SSSR count). The van der Waals surface area contributed by atoms with Crippen molar-refractivity contribution in [3.63, 3.8) is 0 Å². The van der Waals surface area contributed by atoms with Gasteiger partial charge in [-0.05, 0) is 56.1 Å². The van der Waals surface area contributed by atoms with Gasteiger partial charge in [-0.25, -0.2) is 0 Å². The average Bonchev–Trinajstić information content (AvgIpc) is 2.79. The number of fused-ring (bicyclic) bond motifs is 1. The van der Waals surface area contributed by atoms with E-state index in [2.05, 4.69) is 29.5 Å². The van der Waals surface area contributed by atoms with Crippen LogP contribution in [0, 0.1) is 5.41 Å². The van der Waals surface area contributed by atoms with Crippen LogP contribution in [0.5, 0.6) is 0 Å². The van der Waals surface area contributed by atoms with Crippen molar-refractivity contribution in [3.05, 3.63) is 17.7 Å². The van der Waals surface area contributed by atoms with E-state index in [1.54, 1.807) is 0 Å². The Balaban J connectivity index is 1.68. The Bertz CT molecular complexity index is 562. The Morgan fingerprint density at radius 1 is 1.38 bits per heavy atom. The largest absolute Gasteiger partial charge is 0.397 e. The molecule has 0 atom stereocenters. The topological polar surface area (TPSA) is 70.4 Å². The van der Waals surface area contributed by atoms with Crippen molar-refractivity contribution in [3.8, 4) is 0 Å². The normalized spacial score (nSPS) is 21.0. The zero-order valence-corrected chi connectivity index (χ0v) is 12.8. The van der Waals surface area contributed by atoms with Gasteiger partial charge in [0.05, 0.1) is 17.8 Å². The first kappa shape index (κ1) is 14.2. The first-order chi connectivity index (χ1) is 9.95. The monoisotopic (exact) mass is 288 g/mol. The fourth-order valence-corrected chi connectivity index (χ4v) is 3.09. The first-order valence-corrected chi connectivity index (χ1v) is 7.60. The van der Waals surface area contributed by atoms with Gasteiger partial charge in [0, 0.05) is 12.2 Å². The Hall–Kier alpha value is -1.75. The molecule has 1 aromatic carbocycles. The molecule has 1 aromatic rings. The van der Waals surface area contributed by atoms with Gasteiger partial charge in [0.25, 0.3) is 0 Å². The lowest BCUT2D eigenvalue weighted by Gasteiger charge is -2.38. The van der Waals surface area contributed by atoms with Gasteiger partial charge < -0.3 is 21.3 Å². The van der Waals surface area contributed by atoms with E-state index in [0.717, 1.165) is 42.3 Å². The lowest BCUT2D eigenvalue weighted by molar-refractivity contribution is -0.115. The smallest absolute Gasteiger partial charge is 0.228 e. The number of nitrogens with two attached hydrogens (primary N) is 1. The van der Waals surface area contributed by atoms with Gasteiger partial charge >= 0.3 is 0 Å². The van der Waals surface area contributed by atoms with E-state index in [0.29, 0.717) is 11.8 Å². The molecule has 1 amide bonds. The summed E-state index contributed by atoms with van der Waals surface area (Å²) in [5.41, 5.74) is 9.96. The minimum absolute atomic E-state index is 0.0452. The van der Waals surface area contributed by atoms with Gasteiger partial charge in [-0.2, -0.15) is 0 Å². The molecular weight excluding hydrogens is 264 g/mol. The van der Waals surface area contributed by atoms with Crippen LogP contribution in [0.4, 0.5) is 17.1 Å². The van der Waals surface area contributed by atoms with Crippen LogP contribution in [-0.4, -0.2) is 37.5 Å². The highest BCUT2D eigenvalue weighted by molar-refractivity contribution is 6.00. The molecule has 2 aliphatic heterocycles. The molecule has 2 heterocycles. The van der Waals surface area contributed by atoms with Crippen LogP contribution in [0.3, 0.4) is 0 Å². The number of carbonyl (C=O) groups is 1. The van der Waals surface area contributed by atoms with Crippen LogP contribution in [0.15, 0.2) is 12.1 Å². The average molecular weight is 288 g/mol. The molecule has 114 valence electrons. The van der Waals surface area contributed by atoms with Crippen molar-refractivity contribution < 1.29 is 4.79 Å². The maximum atomic E-state index is 11.4. The second-order valence-corrected chi connectivity index (χ2v) is 6.79. The van der Waals surface area contributed by atoms with E-state index in [9.17, 15) is 4.79 Å². The van der Waals surface area contributed by atoms with Crippen LogP contribution < -0.4 is 16.4 Å². The minimum atomic E-state index is 0.0452. The van der Waals surface area contributed by atoms with Gasteiger partial charge in [-0.1, -0.05) is 6.92 Å². The summed E-state index contributed by atoms with van der Waals surface area (Å²) in [4.78, 5) is 13.8. The summed E-state index contributed by atoms with van der Waals surface area (Å²) in [6.07, 6.45) is 2.82. The number of rotatable bonds is 3. The molecule has 21 heavy (non-hydrogen) atoms. The van der Waals surface area contributed by atoms with Crippen molar-refractivity contribution in [2.45, 2.75) is 26.2 Å². The van der Waals surface area contributed by atoms with Crippen LogP contribution >= 0.6 is 0 Å². The van der Waals surface area contributed by atoms with Gasteiger partial charge in [0.2, 0.25) is 5.91 Å². The number of benzene rings is 1. The van der Waals surface area contributed by atoms with E-state index in [4.69, 9.17) is 5.73 Å². The predicted octanol–water partition coefficient (Wildman–Crippen LogP) is 1.91. The summed E-state index contributed by atoms with van der Waals surface area (Å²) >= 11 is 0. The van der Waals surface area contributed by atoms with E-state index >= 15 is 0 Å². The Labute approximate surface area is 125 Å². The molecule has 5 heteroatoms. The highest BCUT2D eigenvalue weighted by Gasteiger charge is 2.29. The van der Waals surface area contributed by atoms with E-state index in [-0.39, 0.29) is 5.91 Å². The fraction of sp³-hybridized carbons (Fsp3) is 0.562. The maximum absolute atomic E-state index is 11.4. The standard InChI is InChI=1S/C16H24N4O/c1-16(3-5-20(2)6-4-16)10-18-14-9-13-11(7-12(14)17)8-15(21)19-13/h7,9,18H,3-6,8,10,17H2,1-2H3,(H,19,21). The quantitative estimate of drug-likeness (QED) is 0.743. The SMILES string of the molecule is CN1CCC(C)(CNc2cc3c(cc2N)CC(=O)N3)CC1. The maximum Gasteiger partial charge on any atom is 0.228 e. The molecule has 0 radical (unpaired) electrons. The van der Waals surface area contributed by atoms with Crippen molar-refractivity contribution in [1.29, 1.82) is 0 Å². The van der Waals surface area contributed by atoms with Crippen LogP contribution in [0.2, 0.25) is 0 Å². The number of hydrogen-bond donors (Lipinski definition) is 3. The van der Waals surface area contributed by atoms with Crippen LogP contribution in [-0.2, 0) is 11.2 Å². The van der Waals surface area contributed by atoms with Crippen molar-refractivity contribution in [1.82, 2.24) is 4.90 Å². The second-order valence-electron chi connectivity index (χ2n) is 6.79. The third kappa shape index (κ3) is 2.97. The lowest BCUT2D eigenvalue weighted by Crippen LogP contribution is -2.40. The zero-order valence-electron chi connectivity index (χ0n) is 12.8. The molecule has 0 aliphatic carbocycles. The molecule has 0 bridgehead atoms. The highest BCUT2D eigenvalue weighted by Crippen LogP contribution is 2.34. The number of anilines is 3. The molecule has 4 N–H and O–H groups in total. The van der Waals surface area contributed by atoms with Gasteiger partial charge in [-0.15, -0.1) is 0 Å². The Kier molecular flexibility index (Phi) is 3.53. The van der Waals surface area contributed by atoms with E-state index < -0.39 is 0 Å². The second kappa shape index (κ2) is 5.22. The number of carbonyl (C=O) groups excluding carboxylic acids is 1. The van der Waals surface area contributed by atoms with Crippen molar-refractivity contribution in [2.24, 2.45) is 5.41 Å². The molecular formula is C16H24N4O. The number of nitrogens with zero attached hydrogens (tertiary/aromatic N) is 1. The summed E-state index contributed by atoms with van der Waals surface area (Å²) in [5, 5.41) is 6.36. The van der Waals surface area contributed by atoms with Crippen molar-refractivity contribution >= 4 is 23.0 Å². The van der Waals surface area contributed by atoms with Gasteiger partial charge in [0.15, 0.2) is 0 Å². The van der Waals surface area contributed by atoms with Gasteiger partial charge in [0.1, 0.15) is 0 Å². The number of piperidine rings is 1. The third-order valence-electron chi connectivity index (χ3n) is 4.80. The number of amides is 1. The number of hydrogen-bond acceptors (Lipinski definition) is 4. The predicted molar refractivity (Wildman–Crippen MR) is 86.5 cm³/mol. The molecule has 1 fully saturated rings. The van der Waals surface area contributed by atoms with Crippen molar-refractivity contribution in [2.75, 3.05) is 43.0 Å². The summed E-state index contributed by atoms with van der Waals surface area (Å²) in [6.45, 7) is 5.54. The van der Waals surface area contributed by atoms with E-state index in [1.165, 1.54) is 12.8 Å².